The predicted octanol–water partition coefficient (Wildman–Crippen LogP) is 2.20. The number of rotatable bonds is 3. The second-order valence-electron chi connectivity index (χ2n) is 8.23. The minimum atomic E-state index is -3.51. The van der Waals surface area contributed by atoms with E-state index in [2.05, 4.69) is 20.2 Å². The van der Waals surface area contributed by atoms with Crippen molar-refractivity contribution in [1.29, 1.82) is 0 Å². The minimum Gasteiger partial charge on any atom is -0.381 e. The quantitative estimate of drug-likeness (QED) is 0.654. The lowest BCUT2D eigenvalue weighted by molar-refractivity contribution is -0.139. The number of carbonyl (C=O) groups excluding carboxylic acids is 1. The number of ether oxygens (including phenoxy) is 1. The number of halogens is 2. The van der Waals surface area contributed by atoms with Gasteiger partial charge in [0.2, 0.25) is 0 Å². The van der Waals surface area contributed by atoms with E-state index in [0.717, 1.165) is 25.9 Å². The van der Waals surface area contributed by atoms with Gasteiger partial charge in [0.05, 0.1) is 30.7 Å². The normalized spacial score (nSPS) is 23.8. The van der Waals surface area contributed by atoms with E-state index < -0.39 is 11.8 Å². The van der Waals surface area contributed by atoms with Crippen LogP contribution in [0.3, 0.4) is 0 Å². The number of nitrogens with zero attached hydrogens (tertiary/aromatic N) is 3. The van der Waals surface area contributed by atoms with Crippen molar-refractivity contribution in [2.24, 2.45) is 11.1 Å². The van der Waals surface area contributed by atoms with Gasteiger partial charge in [-0.25, -0.2) is 9.97 Å². The van der Waals surface area contributed by atoms with Crippen LogP contribution >= 0.6 is 11.8 Å². The summed E-state index contributed by atoms with van der Waals surface area (Å²) in [6.07, 6.45) is 3.53. The number of piperidine rings is 1. The number of hydrogen-bond acceptors (Lipinski definition) is 8. The number of anilines is 3. The number of hydrogen-bond donors (Lipinski definition) is 3. The molecule has 1 aromatic heterocycles. The van der Waals surface area contributed by atoms with E-state index in [1.54, 1.807) is 6.20 Å². The maximum absolute atomic E-state index is 13.8. The van der Waals surface area contributed by atoms with Crippen LogP contribution in [0.2, 0.25) is 0 Å². The smallest absolute Gasteiger partial charge is 0.352 e. The van der Waals surface area contributed by atoms with Crippen LogP contribution in [-0.2, 0) is 15.5 Å². The van der Waals surface area contributed by atoms with Crippen LogP contribution in [0.25, 0.3) is 0 Å². The highest BCUT2D eigenvalue weighted by Crippen LogP contribution is 2.43. The number of nitrogen functional groups attached to an aromatic ring is 1. The van der Waals surface area contributed by atoms with Crippen molar-refractivity contribution in [3.8, 4) is 0 Å². The van der Waals surface area contributed by atoms with Gasteiger partial charge >= 0.3 is 5.92 Å². The third-order valence-corrected chi connectivity index (χ3v) is 7.38. The Kier molecular flexibility index (Phi) is 4.79. The monoisotopic (exact) mass is 448 g/mol. The summed E-state index contributed by atoms with van der Waals surface area (Å²) in [7, 11) is 0. The zero-order chi connectivity index (χ0) is 21.8. The molecule has 0 saturated carbocycles. The standard InChI is InChI=1S/C20H22F2N6O2S/c21-20(22)12-2-1-11(7-13(12)26-18(20)29)31-17-16(24)27-15(8-25-17)28-5-3-19(4-6-28)10-30-9-14(19)23/h1-2,7-8,14H,3-6,9-10,23H2,(H2,24,27)(H,26,29). The van der Waals surface area contributed by atoms with Crippen molar-refractivity contribution >= 4 is 35.0 Å². The van der Waals surface area contributed by atoms with E-state index in [9.17, 15) is 13.6 Å². The second-order valence-corrected chi connectivity index (χ2v) is 9.29. The fourth-order valence-electron chi connectivity index (χ4n) is 4.38. The molecule has 1 aromatic carbocycles. The van der Waals surface area contributed by atoms with Gasteiger partial charge in [-0.3, -0.25) is 4.79 Å². The fourth-order valence-corrected chi connectivity index (χ4v) is 5.17. The van der Waals surface area contributed by atoms with E-state index in [1.165, 1.54) is 30.0 Å². The van der Waals surface area contributed by atoms with E-state index in [-0.39, 0.29) is 28.5 Å². The Bertz CT molecular complexity index is 1040. The van der Waals surface area contributed by atoms with Crippen LogP contribution in [-0.4, -0.2) is 48.2 Å². The molecule has 2 saturated heterocycles. The van der Waals surface area contributed by atoms with Crippen molar-refractivity contribution in [3.63, 3.8) is 0 Å². The second kappa shape index (κ2) is 7.28. The number of alkyl halides is 2. The third kappa shape index (κ3) is 3.40. The number of nitrogens with one attached hydrogen (secondary N) is 1. The van der Waals surface area contributed by atoms with Gasteiger partial charge < -0.3 is 26.4 Å². The Morgan fingerprint density at radius 1 is 1.29 bits per heavy atom. The Morgan fingerprint density at radius 3 is 2.74 bits per heavy atom. The van der Waals surface area contributed by atoms with Crippen molar-refractivity contribution in [1.82, 2.24) is 9.97 Å². The summed E-state index contributed by atoms with van der Waals surface area (Å²) in [6.45, 7) is 2.92. The van der Waals surface area contributed by atoms with Crippen molar-refractivity contribution in [2.75, 3.05) is 42.3 Å². The molecule has 2 fully saturated rings. The summed E-state index contributed by atoms with van der Waals surface area (Å²) in [5, 5.41) is 2.68. The van der Waals surface area contributed by atoms with E-state index in [1.807, 2.05) is 0 Å². The topological polar surface area (TPSA) is 119 Å². The number of aromatic nitrogens is 2. The van der Waals surface area contributed by atoms with Gasteiger partial charge in [0.25, 0.3) is 5.91 Å². The number of benzene rings is 1. The first-order valence-electron chi connectivity index (χ1n) is 10.0. The molecule has 5 rings (SSSR count). The summed E-state index contributed by atoms with van der Waals surface area (Å²) in [5.41, 5.74) is 12.2. The largest absolute Gasteiger partial charge is 0.381 e. The van der Waals surface area contributed by atoms with Gasteiger partial charge in [0, 0.05) is 29.4 Å². The molecule has 164 valence electrons. The first-order valence-corrected chi connectivity index (χ1v) is 10.8. The summed E-state index contributed by atoms with van der Waals surface area (Å²) >= 11 is 1.21. The highest BCUT2D eigenvalue weighted by molar-refractivity contribution is 7.99. The summed E-state index contributed by atoms with van der Waals surface area (Å²) in [6, 6.07) is 4.32. The van der Waals surface area contributed by atoms with Crippen molar-refractivity contribution < 1.29 is 18.3 Å². The van der Waals surface area contributed by atoms with E-state index in [0.29, 0.717) is 29.0 Å². The Balaban J connectivity index is 1.29. The van der Waals surface area contributed by atoms with Crippen LogP contribution in [0, 0.1) is 5.41 Å². The third-order valence-electron chi connectivity index (χ3n) is 6.39. The fraction of sp³-hybridized carbons (Fsp3) is 0.450. The van der Waals surface area contributed by atoms with Gasteiger partial charge in [-0.2, -0.15) is 8.78 Å². The molecule has 5 N–H and O–H groups in total. The first kappa shape index (κ1) is 20.4. The average Bonchev–Trinajstić information content (AvgIpc) is 3.20. The van der Waals surface area contributed by atoms with Crippen molar-refractivity contribution in [2.45, 2.75) is 34.7 Å². The van der Waals surface area contributed by atoms with Crippen LogP contribution in [0.15, 0.2) is 34.3 Å². The molecule has 2 aromatic rings. The lowest BCUT2D eigenvalue weighted by atomic mass is 9.75. The molecule has 0 bridgehead atoms. The van der Waals surface area contributed by atoms with Crippen LogP contribution in [0.5, 0.6) is 0 Å². The molecule has 1 atom stereocenters. The molecule has 1 spiro atoms. The lowest BCUT2D eigenvalue weighted by Gasteiger charge is -2.41. The van der Waals surface area contributed by atoms with Crippen molar-refractivity contribution in [3.05, 3.63) is 30.0 Å². The summed E-state index contributed by atoms with van der Waals surface area (Å²) in [4.78, 5) is 23.1. The van der Waals surface area contributed by atoms with Crippen LogP contribution in [0.1, 0.15) is 18.4 Å². The van der Waals surface area contributed by atoms with Crippen LogP contribution in [0.4, 0.5) is 26.1 Å². The molecule has 8 nitrogen and oxygen atoms in total. The molecule has 3 aliphatic heterocycles. The molecule has 3 aliphatic rings. The van der Waals surface area contributed by atoms with Gasteiger partial charge in [-0.15, -0.1) is 0 Å². The van der Waals surface area contributed by atoms with Gasteiger partial charge in [-0.05, 0) is 31.0 Å². The summed E-state index contributed by atoms with van der Waals surface area (Å²) in [5.74, 6) is -3.87. The lowest BCUT2D eigenvalue weighted by Crippen LogP contribution is -2.49. The van der Waals surface area contributed by atoms with E-state index >= 15 is 0 Å². The number of amides is 1. The molecule has 4 heterocycles. The molecular formula is C20H22F2N6O2S. The number of nitrogens with two attached hydrogens (primary N) is 2. The van der Waals surface area contributed by atoms with Gasteiger partial charge in [0.1, 0.15) is 10.8 Å². The number of carbonyl (C=O) groups is 1. The highest BCUT2D eigenvalue weighted by Gasteiger charge is 2.48. The molecule has 1 amide bonds. The zero-order valence-electron chi connectivity index (χ0n) is 16.6. The molecule has 31 heavy (non-hydrogen) atoms. The average molecular weight is 448 g/mol. The maximum Gasteiger partial charge on any atom is 0.352 e. The Labute approximate surface area is 181 Å². The van der Waals surface area contributed by atoms with E-state index in [4.69, 9.17) is 16.2 Å². The molecule has 0 aliphatic carbocycles. The maximum atomic E-state index is 13.8. The number of fused-ring (bicyclic) bond motifs is 1. The molecule has 11 heteroatoms. The predicted molar refractivity (Wildman–Crippen MR) is 112 cm³/mol. The van der Waals surface area contributed by atoms with Gasteiger partial charge in [-0.1, -0.05) is 11.8 Å². The highest BCUT2D eigenvalue weighted by atomic mass is 32.2. The van der Waals surface area contributed by atoms with Crippen LogP contribution < -0.4 is 21.7 Å². The molecule has 0 radical (unpaired) electrons. The molecular weight excluding hydrogens is 426 g/mol. The first-order chi connectivity index (χ1) is 14.8. The SMILES string of the molecule is Nc1nc(N2CCC3(CC2)COCC3N)cnc1Sc1ccc2c(c1)NC(=O)C2(F)F. The Hall–Kier alpha value is -2.50. The summed E-state index contributed by atoms with van der Waals surface area (Å²) < 4.78 is 33.2. The van der Waals surface area contributed by atoms with Gasteiger partial charge in [0.15, 0.2) is 5.82 Å². The Morgan fingerprint density at radius 2 is 2.06 bits per heavy atom. The minimum absolute atomic E-state index is 0.0467. The molecule has 1 unspecified atom stereocenters. The zero-order valence-corrected chi connectivity index (χ0v) is 17.4.